The lowest BCUT2D eigenvalue weighted by Crippen LogP contribution is -2.38. The number of guanidine groups is 1. The van der Waals surface area contributed by atoms with Gasteiger partial charge in [0, 0.05) is 33.4 Å². The molecule has 0 amide bonds. The number of hydrogen-bond donors (Lipinski definition) is 2. The van der Waals surface area contributed by atoms with Gasteiger partial charge in [-0.05, 0) is 25.7 Å². The van der Waals surface area contributed by atoms with Crippen molar-refractivity contribution in [2.24, 2.45) is 10.9 Å². The van der Waals surface area contributed by atoms with Crippen molar-refractivity contribution in [3.8, 4) is 0 Å². The largest absolute Gasteiger partial charge is 0.385 e. The van der Waals surface area contributed by atoms with Crippen molar-refractivity contribution in [1.29, 1.82) is 0 Å². The van der Waals surface area contributed by atoms with Crippen molar-refractivity contribution in [1.82, 2.24) is 10.6 Å². The van der Waals surface area contributed by atoms with Gasteiger partial charge in [0.05, 0.1) is 0 Å². The number of methoxy groups -OCH3 is 1. The monoisotopic (exact) mass is 229 g/mol. The molecule has 0 atom stereocenters. The quantitative estimate of drug-likeness (QED) is 0.378. The van der Waals surface area contributed by atoms with E-state index < -0.39 is 0 Å². The molecule has 0 aromatic rings. The molecule has 0 aliphatic carbocycles. The maximum atomic E-state index is 4.99. The molecule has 0 aliphatic heterocycles. The van der Waals surface area contributed by atoms with Crippen LogP contribution in [0.1, 0.15) is 33.6 Å². The van der Waals surface area contributed by atoms with E-state index in [-0.39, 0.29) is 0 Å². The van der Waals surface area contributed by atoms with Gasteiger partial charge in [-0.25, -0.2) is 0 Å². The zero-order valence-electron chi connectivity index (χ0n) is 11.2. The molecule has 0 heterocycles. The van der Waals surface area contributed by atoms with Crippen LogP contribution in [0.15, 0.2) is 4.99 Å². The Kier molecular flexibility index (Phi) is 10.2. The highest BCUT2D eigenvalue weighted by Gasteiger charge is 1.97. The molecule has 0 saturated carbocycles. The average molecular weight is 229 g/mol. The molecule has 0 saturated heterocycles. The van der Waals surface area contributed by atoms with Crippen LogP contribution >= 0.6 is 0 Å². The highest BCUT2D eigenvalue weighted by molar-refractivity contribution is 5.79. The first kappa shape index (κ1) is 15.2. The highest BCUT2D eigenvalue weighted by Crippen LogP contribution is 1.96. The molecule has 0 fully saturated rings. The smallest absolute Gasteiger partial charge is 0.191 e. The second-order valence-corrected chi connectivity index (χ2v) is 4.22. The van der Waals surface area contributed by atoms with E-state index in [0.717, 1.165) is 44.5 Å². The van der Waals surface area contributed by atoms with Crippen LogP contribution < -0.4 is 10.6 Å². The molecular weight excluding hydrogens is 202 g/mol. The van der Waals surface area contributed by atoms with Crippen molar-refractivity contribution >= 4 is 5.96 Å². The van der Waals surface area contributed by atoms with Gasteiger partial charge >= 0.3 is 0 Å². The molecule has 0 spiro atoms. The Labute approximate surface area is 99.9 Å². The fraction of sp³-hybridized carbons (Fsp3) is 0.917. The summed E-state index contributed by atoms with van der Waals surface area (Å²) in [4.78, 5) is 4.46. The standard InChI is InChI=1S/C12H27N3O/c1-5-13-12(14-8-6-10-16-4)15-9-7-11(2)3/h11H,5-10H2,1-4H3,(H2,13,14,15). The van der Waals surface area contributed by atoms with Crippen molar-refractivity contribution in [2.75, 3.05) is 33.4 Å². The summed E-state index contributed by atoms with van der Waals surface area (Å²) in [5.74, 6) is 1.64. The topological polar surface area (TPSA) is 45.7 Å². The number of aliphatic imine (C=N–C) groups is 1. The third-order valence-corrected chi connectivity index (χ3v) is 2.13. The van der Waals surface area contributed by atoms with Crippen molar-refractivity contribution in [2.45, 2.75) is 33.6 Å². The molecule has 16 heavy (non-hydrogen) atoms. The molecule has 0 aromatic heterocycles. The molecule has 0 radical (unpaired) electrons. The number of rotatable bonds is 8. The fourth-order valence-electron chi connectivity index (χ4n) is 1.22. The summed E-state index contributed by atoms with van der Waals surface area (Å²) >= 11 is 0. The summed E-state index contributed by atoms with van der Waals surface area (Å²) in [6.07, 6.45) is 2.14. The van der Waals surface area contributed by atoms with E-state index in [0.29, 0.717) is 0 Å². The second-order valence-electron chi connectivity index (χ2n) is 4.22. The lowest BCUT2D eigenvalue weighted by atomic mass is 10.1. The molecule has 4 nitrogen and oxygen atoms in total. The third-order valence-electron chi connectivity index (χ3n) is 2.13. The Bertz CT molecular complexity index is 181. The Morgan fingerprint density at radius 3 is 2.62 bits per heavy atom. The van der Waals surface area contributed by atoms with Crippen LogP contribution in [0.3, 0.4) is 0 Å². The number of nitrogens with zero attached hydrogens (tertiary/aromatic N) is 1. The van der Waals surface area contributed by atoms with Crippen molar-refractivity contribution in [3.05, 3.63) is 0 Å². The van der Waals surface area contributed by atoms with Gasteiger partial charge in [-0.1, -0.05) is 13.8 Å². The Hall–Kier alpha value is -0.770. The van der Waals surface area contributed by atoms with Crippen LogP contribution in [0.5, 0.6) is 0 Å². The average Bonchev–Trinajstić information content (AvgIpc) is 2.23. The predicted molar refractivity (Wildman–Crippen MR) is 69.9 cm³/mol. The minimum atomic E-state index is 0.726. The van der Waals surface area contributed by atoms with Gasteiger partial charge < -0.3 is 15.4 Å². The zero-order chi connectivity index (χ0) is 12.2. The highest BCUT2D eigenvalue weighted by atomic mass is 16.5. The minimum absolute atomic E-state index is 0.726. The van der Waals surface area contributed by atoms with E-state index in [4.69, 9.17) is 4.74 Å². The SMILES string of the molecule is CCNC(=NCCCOC)NCCC(C)C. The summed E-state index contributed by atoms with van der Waals surface area (Å²) in [5.41, 5.74) is 0. The van der Waals surface area contributed by atoms with Gasteiger partial charge in [0.2, 0.25) is 0 Å². The lowest BCUT2D eigenvalue weighted by Gasteiger charge is -2.12. The Balaban J connectivity index is 3.76. The molecule has 0 aromatic carbocycles. The molecule has 0 unspecified atom stereocenters. The second kappa shape index (κ2) is 10.7. The molecule has 0 aliphatic rings. The first-order chi connectivity index (χ1) is 7.70. The first-order valence-corrected chi connectivity index (χ1v) is 6.21. The van der Waals surface area contributed by atoms with Crippen LogP contribution in [0.4, 0.5) is 0 Å². The number of hydrogen-bond acceptors (Lipinski definition) is 2. The van der Waals surface area contributed by atoms with Crippen LogP contribution in [0.2, 0.25) is 0 Å². The normalized spacial score (nSPS) is 11.9. The van der Waals surface area contributed by atoms with Gasteiger partial charge in [-0.15, -0.1) is 0 Å². The number of ether oxygens (including phenoxy) is 1. The Morgan fingerprint density at radius 1 is 1.31 bits per heavy atom. The molecule has 4 heteroatoms. The summed E-state index contributed by atoms with van der Waals surface area (Å²) in [6, 6.07) is 0. The Morgan fingerprint density at radius 2 is 2.06 bits per heavy atom. The first-order valence-electron chi connectivity index (χ1n) is 6.21. The molecule has 2 N–H and O–H groups in total. The van der Waals surface area contributed by atoms with E-state index in [1.807, 2.05) is 0 Å². The molecule has 96 valence electrons. The van der Waals surface area contributed by atoms with Crippen LogP contribution in [0.25, 0.3) is 0 Å². The lowest BCUT2D eigenvalue weighted by molar-refractivity contribution is 0.197. The summed E-state index contributed by atoms with van der Waals surface area (Å²) in [6.45, 7) is 9.99. The summed E-state index contributed by atoms with van der Waals surface area (Å²) in [5, 5.41) is 6.56. The van der Waals surface area contributed by atoms with E-state index in [9.17, 15) is 0 Å². The maximum Gasteiger partial charge on any atom is 0.191 e. The molecule has 0 bridgehead atoms. The van der Waals surface area contributed by atoms with E-state index in [2.05, 4.69) is 36.4 Å². The van der Waals surface area contributed by atoms with E-state index >= 15 is 0 Å². The third kappa shape index (κ3) is 9.77. The summed E-state index contributed by atoms with van der Waals surface area (Å²) in [7, 11) is 1.72. The van der Waals surface area contributed by atoms with Crippen LogP contribution in [-0.4, -0.2) is 39.3 Å². The zero-order valence-corrected chi connectivity index (χ0v) is 11.2. The van der Waals surface area contributed by atoms with Gasteiger partial charge in [-0.2, -0.15) is 0 Å². The van der Waals surface area contributed by atoms with Gasteiger partial charge in [-0.3, -0.25) is 4.99 Å². The van der Waals surface area contributed by atoms with Crippen LogP contribution in [0, 0.1) is 5.92 Å². The summed E-state index contributed by atoms with van der Waals surface area (Å²) < 4.78 is 4.99. The van der Waals surface area contributed by atoms with Crippen molar-refractivity contribution in [3.63, 3.8) is 0 Å². The van der Waals surface area contributed by atoms with Crippen molar-refractivity contribution < 1.29 is 4.74 Å². The predicted octanol–water partition coefficient (Wildman–Crippen LogP) is 1.62. The van der Waals surface area contributed by atoms with E-state index in [1.165, 1.54) is 6.42 Å². The molecular formula is C12H27N3O. The van der Waals surface area contributed by atoms with Gasteiger partial charge in [0.15, 0.2) is 5.96 Å². The van der Waals surface area contributed by atoms with Gasteiger partial charge in [0.25, 0.3) is 0 Å². The van der Waals surface area contributed by atoms with Gasteiger partial charge in [0.1, 0.15) is 0 Å². The molecule has 0 rings (SSSR count). The number of nitrogens with one attached hydrogen (secondary N) is 2. The van der Waals surface area contributed by atoms with Crippen LogP contribution in [-0.2, 0) is 4.74 Å². The fourth-order valence-corrected chi connectivity index (χ4v) is 1.22. The van der Waals surface area contributed by atoms with E-state index in [1.54, 1.807) is 7.11 Å². The minimum Gasteiger partial charge on any atom is -0.385 e. The maximum absolute atomic E-state index is 4.99.